The molecule has 0 aromatic heterocycles. The molecule has 0 spiro atoms. The lowest BCUT2D eigenvalue weighted by Crippen LogP contribution is -2.29. The lowest BCUT2D eigenvalue weighted by atomic mass is 10.1. The Morgan fingerprint density at radius 3 is 1.93 bits per heavy atom. The first-order chi connectivity index (χ1) is 6.75. The summed E-state index contributed by atoms with van der Waals surface area (Å²) in [5.41, 5.74) is 0. The number of hydrogen-bond acceptors (Lipinski definition) is 5. The van der Waals surface area contributed by atoms with Crippen molar-refractivity contribution in [2.75, 3.05) is 27.3 Å². The van der Waals surface area contributed by atoms with Gasteiger partial charge in [0.1, 0.15) is 24.4 Å². The fourth-order valence-electron chi connectivity index (χ4n) is 2.05. The number of hydrogen-bond donors (Lipinski definition) is 0. The lowest BCUT2D eigenvalue weighted by molar-refractivity contribution is -0.0174. The monoisotopic (exact) mass is 219 g/mol. The molecule has 14 heavy (non-hydrogen) atoms. The molecule has 4 atom stereocenters. The third-order valence-corrected chi connectivity index (χ3v) is 4.30. The molecule has 3 fully saturated rings. The molecule has 6 heteroatoms. The highest BCUT2D eigenvalue weighted by atomic mass is 31.2. The second-order valence-electron chi connectivity index (χ2n) is 3.97. The molecule has 0 aliphatic carbocycles. The molecular weight excluding hydrogens is 205 g/mol. The Balaban J connectivity index is 1.82. The van der Waals surface area contributed by atoms with E-state index in [2.05, 4.69) is 0 Å². The van der Waals surface area contributed by atoms with E-state index in [-0.39, 0.29) is 24.4 Å². The van der Waals surface area contributed by atoms with Crippen molar-refractivity contribution in [1.82, 2.24) is 4.67 Å². The molecule has 0 aromatic carbocycles. The fraction of sp³-hybridized carbons (Fsp3) is 1.00. The van der Waals surface area contributed by atoms with E-state index in [1.54, 1.807) is 0 Å². The Morgan fingerprint density at radius 2 is 1.50 bits per heavy atom. The molecule has 0 aromatic rings. The van der Waals surface area contributed by atoms with Gasteiger partial charge in [0.15, 0.2) is 0 Å². The van der Waals surface area contributed by atoms with Crippen molar-refractivity contribution in [3.05, 3.63) is 0 Å². The van der Waals surface area contributed by atoms with Gasteiger partial charge in [-0.15, -0.1) is 0 Å². The smallest absolute Gasteiger partial charge is 0.259 e. The minimum atomic E-state index is -0.913. The third kappa shape index (κ3) is 1.32. The standard InChI is InChI=1S/C8H14NO4P/c1-9(2)14-12-5-3-10-8-6(13-14)4-11-7(5)8/h5-8H,3-4H2,1-2H3. The largest absolute Gasteiger partial charge is 0.370 e. The molecule has 3 saturated heterocycles. The molecule has 4 bridgehead atoms. The first-order valence-corrected chi connectivity index (χ1v) is 5.93. The van der Waals surface area contributed by atoms with Crippen molar-refractivity contribution in [2.24, 2.45) is 0 Å². The second-order valence-corrected chi connectivity index (χ2v) is 5.67. The van der Waals surface area contributed by atoms with Crippen molar-refractivity contribution < 1.29 is 18.5 Å². The maximum Gasteiger partial charge on any atom is 0.259 e. The van der Waals surface area contributed by atoms with Crippen LogP contribution in [0.5, 0.6) is 0 Å². The average Bonchev–Trinajstić information content (AvgIpc) is 2.55. The van der Waals surface area contributed by atoms with Gasteiger partial charge in [0.2, 0.25) is 0 Å². The van der Waals surface area contributed by atoms with Crippen LogP contribution in [0, 0.1) is 0 Å². The Hall–Kier alpha value is 0.230. The summed E-state index contributed by atoms with van der Waals surface area (Å²) in [6.07, 6.45) is 0.293. The summed E-state index contributed by atoms with van der Waals surface area (Å²) in [6.45, 7) is 1.28. The van der Waals surface area contributed by atoms with Crippen LogP contribution < -0.4 is 0 Å². The zero-order chi connectivity index (χ0) is 9.71. The van der Waals surface area contributed by atoms with E-state index in [9.17, 15) is 0 Å². The highest BCUT2D eigenvalue weighted by Gasteiger charge is 2.53. The molecule has 0 saturated carbocycles. The predicted molar refractivity (Wildman–Crippen MR) is 49.8 cm³/mol. The molecule has 80 valence electrons. The zero-order valence-electron chi connectivity index (χ0n) is 8.25. The van der Waals surface area contributed by atoms with Gasteiger partial charge < -0.3 is 18.5 Å². The number of rotatable bonds is 1. The van der Waals surface area contributed by atoms with Crippen molar-refractivity contribution >= 4 is 8.53 Å². The van der Waals surface area contributed by atoms with Crippen LogP contribution in [0.2, 0.25) is 0 Å². The molecule has 0 amide bonds. The second kappa shape index (κ2) is 3.37. The molecule has 5 nitrogen and oxygen atoms in total. The van der Waals surface area contributed by atoms with Gasteiger partial charge >= 0.3 is 0 Å². The summed E-state index contributed by atoms with van der Waals surface area (Å²) in [4.78, 5) is 0. The minimum Gasteiger partial charge on any atom is -0.370 e. The summed E-state index contributed by atoms with van der Waals surface area (Å²) in [5, 5.41) is 0. The first-order valence-electron chi connectivity index (χ1n) is 4.80. The molecule has 0 radical (unpaired) electrons. The van der Waals surface area contributed by atoms with Crippen LogP contribution >= 0.6 is 8.53 Å². The number of ether oxygens (including phenoxy) is 2. The Morgan fingerprint density at radius 1 is 1.00 bits per heavy atom. The van der Waals surface area contributed by atoms with Gasteiger partial charge in [0, 0.05) is 0 Å². The maximum absolute atomic E-state index is 5.82. The van der Waals surface area contributed by atoms with Crippen LogP contribution in [0.3, 0.4) is 0 Å². The van der Waals surface area contributed by atoms with E-state index >= 15 is 0 Å². The van der Waals surface area contributed by atoms with E-state index in [0.717, 1.165) is 0 Å². The van der Waals surface area contributed by atoms with Gasteiger partial charge in [-0.25, -0.2) is 4.67 Å². The van der Waals surface area contributed by atoms with E-state index in [1.165, 1.54) is 0 Å². The molecule has 3 heterocycles. The van der Waals surface area contributed by atoms with Gasteiger partial charge in [-0.1, -0.05) is 0 Å². The topological polar surface area (TPSA) is 40.2 Å². The van der Waals surface area contributed by atoms with Gasteiger partial charge in [-0.05, 0) is 14.1 Å². The van der Waals surface area contributed by atoms with Crippen LogP contribution in [0.4, 0.5) is 0 Å². The summed E-state index contributed by atoms with van der Waals surface area (Å²) in [7, 11) is 3.03. The van der Waals surface area contributed by atoms with Crippen molar-refractivity contribution in [3.63, 3.8) is 0 Å². The SMILES string of the molecule is CN(C)P1OC2COC3C(COC23)O1. The molecule has 0 N–H and O–H groups in total. The van der Waals surface area contributed by atoms with Crippen molar-refractivity contribution in [1.29, 1.82) is 0 Å². The van der Waals surface area contributed by atoms with Crippen molar-refractivity contribution in [2.45, 2.75) is 24.4 Å². The summed E-state index contributed by atoms with van der Waals surface area (Å²) in [5.74, 6) is 0. The van der Waals surface area contributed by atoms with E-state index in [4.69, 9.17) is 18.5 Å². The predicted octanol–water partition coefficient (Wildman–Crippen LogP) is 0.356. The molecule has 4 unspecified atom stereocenters. The zero-order valence-corrected chi connectivity index (χ0v) is 9.15. The van der Waals surface area contributed by atoms with Crippen LogP contribution in [0.25, 0.3) is 0 Å². The van der Waals surface area contributed by atoms with E-state index in [1.807, 2.05) is 18.8 Å². The molecular formula is C8H14NO4P. The van der Waals surface area contributed by atoms with Crippen LogP contribution in [-0.2, 0) is 18.5 Å². The highest BCUT2D eigenvalue weighted by Crippen LogP contribution is 2.51. The minimum absolute atomic E-state index is 0.0565. The van der Waals surface area contributed by atoms with Gasteiger partial charge in [-0.2, -0.15) is 0 Å². The Labute approximate surface area is 84.2 Å². The molecule has 3 rings (SSSR count). The van der Waals surface area contributed by atoms with E-state index < -0.39 is 8.53 Å². The lowest BCUT2D eigenvalue weighted by Gasteiger charge is -2.29. The van der Waals surface area contributed by atoms with Gasteiger partial charge in [-0.3, -0.25) is 0 Å². The highest BCUT2D eigenvalue weighted by molar-refractivity contribution is 7.44. The first kappa shape index (κ1) is 9.46. The van der Waals surface area contributed by atoms with Crippen molar-refractivity contribution in [3.8, 4) is 0 Å². The quantitative estimate of drug-likeness (QED) is 0.595. The summed E-state index contributed by atoms with van der Waals surface area (Å²) < 4.78 is 24.8. The molecule has 3 aliphatic heterocycles. The average molecular weight is 219 g/mol. The van der Waals surface area contributed by atoms with Crippen LogP contribution in [-0.4, -0.2) is 56.4 Å². The van der Waals surface area contributed by atoms with E-state index in [0.29, 0.717) is 13.2 Å². The summed E-state index contributed by atoms with van der Waals surface area (Å²) >= 11 is 0. The maximum atomic E-state index is 5.82. The van der Waals surface area contributed by atoms with Gasteiger partial charge in [0.05, 0.1) is 13.2 Å². The Bertz CT molecular complexity index is 219. The normalized spacial score (nSPS) is 51.2. The molecule has 3 aliphatic rings. The Kier molecular flexibility index (Phi) is 2.28. The summed E-state index contributed by atoms with van der Waals surface area (Å²) in [6, 6.07) is 0. The fourth-order valence-corrected chi connectivity index (χ4v) is 3.31. The van der Waals surface area contributed by atoms with Crippen LogP contribution in [0.1, 0.15) is 0 Å². The third-order valence-electron chi connectivity index (χ3n) is 2.74. The van der Waals surface area contributed by atoms with Crippen LogP contribution in [0.15, 0.2) is 0 Å². The number of nitrogens with zero attached hydrogens (tertiary/aromatic N) is 1. The van der Waals surface area contributed by atoms with Gasteiger partial charge in [0.25, 0.3) is 8.53 Å².